The van der Waals surface area contributed by atoms with Crippen LogP contribution in [-0.2, 0) is 11.2 Å². The van der Waals surface area contributed by atoms with Crippen LogP contribution in [0.2, 0.25) is 0 Å². The smallest absolute Gasteiger partial charge is 0.253 e. The molecule has 0 radical (unpaired) electrons. The molecule has 0 bridgehead atoms. The van der Waals surface area contributed by atoms with Gasteiger partial charge in [-0.05, 0) is 42.9 Å². The number of amides is 2. The molecule has 7 nitrogen and oxygen atoms in total. The number of hydrogen-bond acceptors (Lipinski definition) is 3. The van der Waals surface area contributed by atoms with Crippen molar-refractivity contribution >= 4 is 41.8 Å². The molecule has 162 valence electrons. The number of likely N-dealkylation sites (tertiary alicyclic amines) is 1. The van der Waals surface area contributed by atoms with Gasteiger partial charge in [0.25, 0.3) is 5.91 Å². The molecule has 1 heterocycles. The lowest BCUT2D eigenvalue weighted by Gasteiger charge is -2.34. The molecule has 2 amide bonds. The average molecular weight is 515 g/mol. The van der Waals surface area contributed by atoms with E-state index >= 15 is 0 Å². The van der Waals surface area contributed by atoms with Crippen molar-refractivity contribution < 1.29 is 9.59 Å². The first-order valence-electron chi connectivity index (χ1n) is 9.91. The number of nitrogens with zero attached hydrogens (tertiary/aromatic N) is 3. The fourth-order valence-electron chi connectivity index (χ4n) is 3.48. The van der Waals surface area contributed by atoms with E-state index in [4.69, 9.17) is 0 Å². The number of benzene rings is 1. The summed E-state index contributed by atoms with van der Waals surface area (Å²) in [6, 6.07) is 7.78. The fourth-order valence-corrected chi connectivity index (χ4v) is 3.48. The highest BCUT2D eigenvalue weighted by Gasteiger charge is 2.22. The van der Waals surface area contributed by atoms with Gasteiger partial charge in [-0.15, -0.1) is 24.0 Å². The van der Waals surface area contributed by atoms with Crippen molar-refractivity contribution in [3.05, 3.63) is 35.4 Å². The molecule has 1 saturated heterocycles. The van der Waals surface area contributed by atoms with Gasteiger partial charge < -0.3 is 20.4 Å². The van der Waals surface area contributed by atoms with E-state index in [0.717, 1.165) is 50.4 Å². The van der Waals surface area contributed by atoms with Gasteiger partial charge in [-0.1, -0.05) is 12.1 Å². The van der Waals surface area contributed by atoms with Crippen LogP contribution in [-0.4, -0.2) is 75.4 Å². The van der Waals surface area contributed by atoms with Crippen molar-refractivity contribution in [3.63, 3.8) is 0 Å². The quantitative estimate of drug-likeness (QED) is 0.345. The molecule has 1 aromatic rings. The third-order valence-corrected chi connectivity index (χ3v) is 5.16. The summed E-state index contributed by atoms with van der Waals surface area (Å²) in [5.41, 5.74) is 1.84. The summed E-state index contributed by atoms with van der Waals surface area (Å²) in [5.74, 6) is 1.49. The number of carbonyl (C=O) groups excluding carboxylic acids is 2. The van der Waals surface area contributed by atoms with Gasteiger partial charge in [-0.25, -0.2) is 0 Å². The molecule has 2 N–H and O–H groups in total. The van der Waals surface area contributed by atoms with E-state index in [0.29, 0.717) is 17.9 Å². The van der Waals surface area contributed by atoms with Crippen molar-refractivity contribution in [2.75, 3.05) is 47.8 Å². The van der Waals surface area contributed by atoms with Crippen LogP contribution in [0.4, 0.5) is 0 Å². The normalized spacial score (nSPS) is 14.8. The number of hydrogen-bond donors (Lipinski definition) is 2. The van der Waals surface area contributed by atoms with Gasteiger partial charge in [-0.2, -0.15) is 0 Å². The monoisotopic (exact) mass is 515 g/mol. The highest BCUT2D eigenvalue weighted by molar-refractivity contribution is 14.0. The molecule has 1 aliphatic heterocycles. The Balaban J connectivity index is 0.00000420. The van der Waals surface area contributed by atoms with Gasteiger partial charge in [0.15, 0.2) is 5.96 Å². The number of nitrogens with one attached hydrogen (secondary N) is 2. The molecule has 1 aromatic carbocycles. The Kier molecular flexibility index (Phi) is 11.0. The topological polar surface area (TPSA) is 77.0 Å². The minimum Gasteiger partial charge on any atom is -0.359 e. The Bertz CT molecular complexity index is 700. The fraction of sp³-hybridized carbons (Fsp3) is 0.571. The molecule has 0 aromatic heterocycles. The molecule has 1 fully saturated rings. The van der Waals surface area contributed by atoms with E-state index < -0.39 is 0 Å². The van der Waals surface area contributed by atoms with Gasteiger partial charge in [-0.3, -0.25) is 14.6 Å². The lowest BCUT2D eigenvalue weighted by molar-refractivity contribution is -0.121. The van der Waals surface area contributed by atoms with Crippen LogP contribution >= 0.6 is 24.0 Å². The summed E-state index contributed by atoms with van der Waals surface area (Å²) in [7, 11) is 7.02. The van der Waals surface area contributed by atoms with E-state index in [1.807, 2.05) is 24.3 Å². The predicted molar refractivity (Wildman–Crippen MR) is 128 cm³/mol. The summed E-state index contributed by atoms with van der Waals surface area (Å²) in [4.78, 5) is 31.9. The molecular formula is C21H34IN5O2. The third-order valence-electron chi connectivity index (χ3n) is 5.16. The Hall–Kier alpha value is -1.84. The van der Waals surface area contributed by atoms with Crippen LogP contribution in [0.1, 0.15) is 35.2 Å². The summed E-state index contributed by atoms with van der Waals surface area (Å²) in [5, 5.41) is 6.13. The number of aliphatic imine (C=N–C) groups is 1. The first-order valence-corrected chi connectivity index (χ1v) is 9.91. The van der Waals surface area contributed by atoms with Crippen molar-refractivity contribution in [3.8, 4) is 0 Å². The Morgan fingerprint density at radius 1 is 1.24 bits per heavy atom. The van der Waals surface area contributed by atoms with Gasteiger partial charge in [0.1, 0.15) is 0 Å². The van der Waals surface area contributed by atoms with Crippen molar-refractivity contribution in [2.45, 2.75) is 25.7 Å². The maximum absolute atomic E-state index is 12.1. The van der Waals surface area contributed by atoms with Gasteiger partial charge >= 0.3 is 0 Å². The highest BCUT2D eigenvalue weighted by atomic mass is 127. The number of halogens is 1. The van der Waals surface area contributed by atoms with Crippen LogP contribution in [0.3, 0.4) is 0 Å². The van der Waals surface area contributed by atoms with E-state index in [1.54, 1.807) is 33.1 Å². The van der Waals surface area contributed by atoms with Crippen LogP contribution in [0, 0.1) is 5.92 Å². The molecular weight excluding hydrogens is 481 g/mol. The molecule has 1 aliphatic rings. The number of carbonyl (C=O) groups is 2. The lowest BCUT2D eigenvalue weighted by atomic mass is 9.93. The summed E-state index contributed by atoms with van der Waals surface area (Å²) in [6.45, 7) is 2.58. The van der Waals surface area contributed by atoms with Crippen molar-refractivity contribution in [2.24, 2.45) is 10.9 Å². The molecule has 29 heavy (non-hydrogen) atoms. The first kappa shape index (κ1) is 25.2. The van der Waals surface area contributed by atoms with Gasteiger partial charge in [0, 0.05) is 59.8 Å². The third kappa shape index (κ3) is 7.83. The van der Waals surface area contributed by atoms with Crippen molar-refractivity contribution in [1.82, 2.24) is 20.4 Å². The second-order valence-corrected chi connectivity index (χ2v) is 7.43. The van der Waals surface area contributed by atoms with Crippen molar-refractivity contribution in [1.29, 1.82) is 0 Å². The Labute approximate surface area is 191 Å². The minimum atomic E-state index is 0. The second kappa shape index (κ2) is 12.7. The molecule has 0 unspecified atom stereocenters. The SMILES string of the molecule is CN=C(NCCc1cccc(C(=O)N(C)C)c1)N1CCC(CC(=O)NC)CC1.I. The van der Waals surface area contributed by atoms with Crippen LogP contribution in [0.15, 0.2) is 29.3 Å². The summed E-state index contributed by atoms with van der Waals surface area (Å²) >= 11 is 0. The lowest BCUT2D eigenvalue weighted by Crippen LogP contribution is -2.46. The van der Waals surface area contributed by atoms with Crippen LogP contribution < -0.4 is 10.6 Å². The van der Waals surface area contributed by atoms with Crippen LogP contribution in [0.25, 0.3) is 0 Å². The predicted octanol–water partition coefficient (Wildman–Crippen LogP) is 1.97. The number of piperidine rings is 1. The maximum atomic E-state index is 12.1. The number of guanidine groups is 1. The van der Waals surface area contributed by atoms with Crippen LogP contribution in [0.5, 0.6) is 0 Å². The Morgan fingerprint density at radius 3 is 2.52 bits per heavy atom. The van der Waals surface area contributed by atoms with E-state index in [9.17, 15) is 9.59 Å². The largest absolute Gasteiger partial charge is 0.359 e. The van der Waals surface area contributed by atoms with E-state index in [1.165, 1.54) is 0 Å². The molecule has 2 rings (SSSR count). The molecule has 0 atom stereocenters. The molecule has 0 spiro atoms. The van der Waals surface area contributed by atoms with Gasteiger partial charge in [0.2, 0.25) is 5.91 Å². The summed E-state index contributed by atoms with van der Waals surface area (Å²) < 4.78 is 0. The zero-order chi connectivity index (χ0) is 20.5. The zero-order valence-corrected chi connectivity index (χ0v) is 20.2. The highest BCUT2D eigenvalue weighted by Crippen LogP contribution is 2.20. The number of rotatable bonds is 6. The summed E-state index contributed by atoms with van der Waals surface area (Å²) in [6.07, 6.45) is 3.44. The van der Waals surface area contributed by atoms with E-state index in [2.05, 4.69) is 20.5 Å². The Morgan fingerprint density at radius 2 is 1.93 bits per heavy atom. The minimum absolute atomic E-state index is 0. The zero-order valence-electron chi connectivity index (χ0n) is 17.9. The standard InChI is InChI=1S/C21H33N5O2.HI/c1-22-19(27)15-17-9-12-26(13-10-17)21(23-2)24-11-8-16-6-5-7-18(14-16)20(28)25(3)4;/h5-7,14,17H,8-13,15H2,1-4H3,(H,22,27)(H,23,24);1H. The average Bonchev–Trinajstić information content (AvgIpc) is 2.71. The van der Waals surface area contributed by atoms with E-state index in [-0.39, 0.29) is 35.8 Å². The molecule has 0 saturated carbocycles. The van der Waals surface area contributed by atoms with Gasteiger partial charge in [0.05, 0.1) is 0 Å². The maximum Gasteiger partial charge on any atom is 0.253 e. The molecule has 0 aliphatic carbocycles. The second-order valence-electron chi connectivity index (χ2n) is 7.43. The molecule has 8 heteroatoms. The first-order chi connectivity index (χ1) is 13.4.